The van der Waals surface area contributed by atoms with Crippen LogP contribution in [0.5, 0.6) is 0 Å². The van der Waals surface area contributed by atoms with Crippen molar-refractivity contribution in [2.24, 2.45) is 5.92 Å². The van der Waals surface area contributed by atoms with E-state index in [1.807, 2.05) is 0 Å². The molecule has 1 aliphatic carbocycles. The molecule has 0 aromatic heterocycles. The first-order valence-corrected chi connectivity index (χ1v) is 4.62. The van der Waals surface area contributed by atoms with Gasteiger partial charge in [-0.1, -0.05) is 0 Å². The molecule has 5 nitrogen and oxygen atoms in total. The summed E-state index contributed by atoms with van der Waals surface area (Å²) in [5.41, 5.74) is -0.657. The number of aliphatic carboxylic acids is 1. The molecular formula is C9H13NO4. The van der Waals surface area contributed by atoms with E-state index in [9.17, 15) is 9.59 Å². The standard InChI is InChI=1S/C9H13NO4/c1-5(11)10-3-4-14-9(2)6(7(9)10)8(12)13/h6-7H,3-4H2,1-2H3,(H,12,13). The van der Waals surface area contributed by atoms with Crippen LogP contribution in [0.25, 0.3) is 0 Å². The van der Waals surface area contributed by atoms with Crippen molar-refractivity contribution in [3.05, 3.63) is 0 Å². The van der Waals surface area contributed by atoms with E-state index in [0.29, 0.717) is 13.2 Å². The van der Waals surface area contributed by atoms with Gasteiger partial charge in [-0.05, 0) is 6.92 Å². The number of carbonyl (C=O) groups is 2. The zero-order chi connectivity index (χ0) is 10.5. The highest BCUT2D eigenvalue weighted by molar-refractivity contribution is 5.82. The first-order chi connectivity index (χ1) is 6.48. The monoisotopic (exact) mass is 199 g/mol. The summed E-state index contributed by atoms with van der Waals surface area (Å²) in [6.45, 7) is 4.14. The Labute approximate surface area is 81.6 Å². The number of carboxylic acids is 1. The minimum absolute atomic E-state index is 0.0757. The zero-order valence-corrected chi connectivity index (χ0v) is 8.19. The van der Waals surface area contributed by atoms with Gasteiger partial charge in [0.15, 0.2) is 0 Å². The van der Waals surface area contributed by atoms with E-state index < -0.39 is 17.5 Å². The van der Waals surface area contributed by atoms with Gasteiger partial charge >= 0.3 is 5.97 Å². The quantitative estimate of drug-likeness (QED) is 0.630. The Kier molecular flexibility index (Phi) is 1.82. The van der Waals surface area contributed by atoms with Crippen molar-refractivity contribution in [1.29, 1.82) is 0 Å². The number of ether oxygens (including phenoxy) is 1. The second-order valence-electron chi connectivity index (χ2n) is 4.01. The van der Waals surface area contributed by atoms with Crippen molar-refractivity contribution in [1.82, 2.24) is 4.90 Å². The summed E-state index contributed by atoms with van der Waals surface area (Å²) >= 11 is 0. The van der Waals surface area contributed by atoms with E-state index in [4.69, 9.17) is 9.84 Å². The lowest BCUT2D eigenvalue weighted by Gasteiger charge is -2.29. The van der Waals surface area contributed by atoms with Crippen molar-refractivity contribution in [2.75, 3.05) is 13.2 Å². The smallest absolute Gasteiger partial charge is 0.311 e. The predicted molar refractivity (Wildman–Crippen MR) is 46.7 cm³/mol. The Balaban J connectivity index is 2.21. The van der Waals surface area contributed by atoms with E-state index in [2.05, 4.69) is 0 Å². The van der Waals surface area contributed by atoms with Crippen molar-refractivity contribution in [3.63, 3.8) is 0 Å². The predicted octanol–water partition coefficient (Wildman–Crippen LogP) is -0.293. The highest BCUT2D eigenvalue weighted by atomic mass is 16.5. The van der Waals surface area contributed by atoms with Gasteiger partial charge in [0.05, 0.1) is 12.6 Å². The lowest BCUT2D eigenvalue weighted by molar-refractivity contribution is -0.140. The van der Waals surface area contributed by atoms with E-state index in [1.165, 1.54) is 6.92 Å². The number of carbonyl (C=O) groups excluding carboxylic acids is 1. The molecule has 2 fully saturated rings. The SMILES string of the molecule is CC(=O)N1CCOC2(C)C(C(=O)O)C12. The maximum atomic E-state index is 11.2. The van der Waals surface area contributed by atoms with Gasteiger partial charge in [-0.25, -0.2) is 0 Å². The molecule has 2 rings (SSSR count). The topological polar surface area (TPSA) is 66.8 Å². The summed E-state index contributed by atoms with van der Waals surface area (Å²) in [7, 11) is 0. The molecule has 14 heavy (non-hydrogen) atoms. The Morgan fingerprint density at radius 3 is 2.71 bits per heavy atom. The lowest BCUT2D eigenvalue weighted by Crippen LogP contribution is -2.43. The fourth-order valence-electron chi connectivity index (χ4n) is 2.37. The van der Waals surface area contributed by atoms with Crippen LogP contribution in [-0.2, 0) is 14.3 Å². The summed E-state index contributed by atoms with van der Waals surface area (Å²) in [4.78, 5) is 23.7. The molecule has 3 unspecified atom stereocenters. The van der Waals surface area contributed by atoms with Gasteiger partial charge in [0.2, 0.25) is 5.91 Å². The van der Waals surface area contributed by atoms with Crippen LogP contribution in [0.4, 0.5) is 0 Å². The van der Waals surface area contributed by atoms with Crippen LogP contribution in [0.15, 0.2) is 0 Å². The molecule has 1 heterocycles. The van der Waals surface area contributed by atoms with Crippen molar-refractivity contribution >= 4 is 11.9 Å². The Morgan fingerprint density at radius 2 is 2.21 bits per heavy atom. The van der Waals surface area contributed by atoms with Crippen LogP contribution in [0, 0.1) is 5.92 Å². The fourth-order valence-corrected chi connectivity index (χ4v) is 2.37. The molecule has 0 aromatic carbocycles. The molecule has 2 aliphatic rings. The maximum Gasteiger partial charge on any atom is 0.311 e. The second-order valence-corrected chi connectivity index (χ2v) is 4.01. The summed E-state index contributed by atoms with van der Waals surface area (Å²) in [6, 6.07) is -0.272. The van der Waals surface area contributed by atoms with Crippen LogP contribution in [0.2, 0.25) is 0 Å². The molecule has 0 radical (unpaired) electrons. The molecule has 78 valence electrons. The molecule has 1 N–H and O–H groups in total. The van der Waals surface area contributed by atoms with Crippen LogP contribution >= 0.6 is 0 Å². The molecule has 1 saturated heterocycles. The second kappa shape index (κ2) is 2.70. The average Bonchev–Trinajstić information content (AvgIpc) is 2.69. The van der Waals surface area contributed by atoms with Gasteiger partial charge in [0.1, 0.15) is 11.5 Å². The lowest BCUT2D eigenvalue weighted by atomic mass is 10.3. The van der Waals surface area contributed by atoms with Gasteiger partial charge in [-0.15, -0.1) is 0 Å². The van der Waals surface area contributed by atoms with E-state index >= 15 is 0 Å². The number of rotatable bonds is 1. The molecule has 1 aliphatic heterocycles. The summed E-state index contributed by atoms with van der Waals surface area (Å²) in [5.74, 6) is -1.52. The first kappa shape index (κ1) is 9.45. The van der Waals surface area contributed by atoms with Gasteiger partial charge in [-0.3, -0.25) is 9.59 Å². The van der Waals surface area contributed by atoms with Crippen molar-refractivity contribution < 1.29 is 19.4 Å². The van der Waals surface area contributed by atoms with E-state index in [0.717, 1.165) is 0 Å². The summed E-state index contributed by atoms with van der Waals surface area (Å²) in [6.07, 6.45) is 0. The van der Waals surface area contributed by atoms with E-state index in [-0.39, 0.29) is 11.9 Å². The Bertz CT molecular complexity index is 287. The Morgan fingerprint density at radius 1 is 1.57 bits per heavy atom. The number of fused-ring (bicyclic) bond motifs is 1. The molecule has 0 bridgehead atoms. The third-order valence-electron chi connectivity index (χ3n) is 3.16. The molecule has 0 aromatic rings. The molecular weight excluding hydrogens is 186 g/mol. The van der Waals surface area contributed by atoms with Gasteiger partial charge in [0, 0.05) is 13.5 Å². The first-order valence-electron chi connectivity index (χ1n) is 4.62. The molecule has 0 spiro atoms. The number of nitrogens with zero attached hydrogens (tertiary/aromatic N) is 1. The van der Waals surface area contributed by atoms with Crippen molar-refractivity contribution in [2.45, 2.75) is 25.5 Å². The van der Waals surface area contributed by atoms with Gasteiger partial charge in [0.25, 0.3) is 0 Å². The van der Waals surface area contributed by atoms with Crippen LogP contribution < -0.4 is 0 Å². The molecule has 5 heteroatoms. The number of carboxylic acid groups (broad SMARTS) is 1. The van der Waals surface area contributed by atoms with Gasteiger partial charge < -0.3 is 14.7 Å². The van der Waals surface area contributed by atoms with Crippen LogP contribution in [0.1, 0.15) is 13.8 Å². The number of amides is 1. The minimum atomic E-state index is -0.884. The van der Waals surface area contributed by atoms with Crippen LogP contribution in [-0.4, -0.2) is 46.7 Å². The molecule has 1 amide bonds. The fraction of sp³-hybridized carbons (Fsp3) is 0.778. The highest BCUT2D eigenvalue weighted by Gasteiger charge is 2.71. The van der Waals surface area contributed by atoms with E-state index in [1.54, 1.807) is 11.8 Å². The molecule has 1 saturated carbocycles. The maximum absolute atomic E-state index is 11.2. The average molecular weight is 199 g/mol. The molecule has 3 atom stereocenters. The number of hydrogen-bond acceptors (Lipinski definition) is 3. The van der Waals surface area contributed by atoms with Gasteiger partial charge in [-0.2, -0.15) is 0 Å². The van der Waals surface area contributed by atoms with Crippen molar-refractivity contribution in [3.8, 4) is 0 Å². The normalized spacial score (nSPS) is 40.3. The third kappa shape index (κ3) is 1.05. The minimum Gasteiger partial charge on any atom is -0.481 e. The third-order valence-corrected chi connectivity index (χ3v) is 3.16. The summed E-state index contributed by atoms with van der Waals surface area (Å²) < 4.78 is 5.42. The largest absolute Gasteiger partial charge is 0.481 e. The number of morpholine rings is 1. The Hall–Kier alpha value is -1.10. The zero-order valence-electron chi connectivity index (χ0n) is 8.19. The number of hydrogen-bond donors (Lipinski definition) is 1. The summed E-state index contributed by atoms with van der Waals surface area (Å²) in [5, 5.41) is 8.93. The highest BCUT2D eigenvalue weighted by Crippen LogP contribution is 2.52. The van der Waals surface area contributed by atoms with Crippen LogP contribution in [0.3, 0.4) is 0 Å².